The molecule has 2 aromatic rings. The van der Waals surface area contributed by atoms with Crippen molar-refractivity contribution in [3.63, 3.8) is 0 Å². The van der Waals surface area contributed by atoms with Crippen LogP contribution in [0.15, 0.2) is 41.0 Å². The van der Waals surface area contributed by atoms with E-state index in [1.165, 1.54) is 11.1 Å². The highest BCUT2D eigenvalue weighted by Crippen LogP contribution is 2.17. The van der Waals surface area contributed by atoms with Gasteiger partial charge < -0.3 is 9.52 Å². The van der Waals surface area contributed by atoms with Crippen LogP contribution in [0.25, 0.3) is 0 Å². The van der Waals surface area contributed by atoms with Crippen molar-refractivity contribution in [2.24, 2.45) is 0 Å². The quantitative estimate of drug-likeness (QED) is 0.896. The summed E-state index contributed by atoms with van der Waals surface area (Å²) in [4.78, 5) is 2.10. The van der Waals surface area contributed by atoms with Crippen molar-refractivity contribution >= 4 is 0 Å². The molecule has 102 valence electrons. The minimum Gasteiger partial charge on any atom is -0.469 e. The van der Waals surface area contributed by atoms with Crippen molar-refractivity contribution in [1.82, 2.24) is 4.90 Å². The predicted molar refractivity (Wildman–Crippen MR) is 75.9 cm³/mol. The lowest BCUT2D eigenvalue weighted by Crippen LogP contribution is -2.24. The number of likely N-dealkylation sites (N-methyl/N-ethyl adjacent to an activating group) is 1. The minimum atomic E-state index is -0.460. The van der Waals surface area contributed by atoms with E-state index < -0.39 is 6.10 Å². The summed E-state index contributed by atoms with van der Waals surface area (Å²) in [5.74, 6) is 0.941. The van der Waals surface area contributed by atoms with Gasteiger partial charge in [-0.3, -0.25) is 4.90 Å². The Balaban J connectivity index is 1.93. The van der Waals surface area contributed by atoms with Crippen molar-refractivity contribution in [1.29, 1.82) is 0 Å². The van der Waals surface area contributed by atoms with E-state index in [0.29, 0.717) is 6.54 Å². The molecule has 0 radical (unpaired) electrons. The van der Waals surface area contributed by atoms with Gasteiger partial charge in [-0.1, -0.05) is 29.8 Å². The molecule has 0 spiro atoms. The van der Waals surface area contributed by atoms with Crippen molar-refractivity contribution in [3.05, 3.63) is 59.0 Å². The number of rotatable bonds is 5. The average molecular weight is 259 g/mol. The van der Waals surface area contributed by atoms with Gasteiger partial charge in [-0.05, 0) is 32.5 Å². The topological polar surface area (TPSA) is 36.6 Å². The second-order valence-electron chi connectivity index (χ2n) is 5.13. The first-order valence-corrected chi connectivity index (χ1v) is 6.52. The molecule has 0 saturated carbocycles. The van der Waals surface area contributed by atoms with E-state index in [0.717, 1.165) is 17.9 Å². The number of aryl methyl sites for hydroxylation is 2. The largest absolute Gasteiger partial charge is 0.469 e. The maximum atomic E-state index is 10.2. The fraction of sp³-hybridized carbons (Fsp3) is 0.375. The van der Waals surface area contributed by atoms with Crippen molar-refractivity contribution < 1.29 is 9.52 Å². The minimum absolute atomic E-state index is 0.460. The summed E-state index contributed by atoms with van der Waals surface area (Å²) in [5.41, 5.74) is 3.33. The molecule has 0 aliphatic rings. The van der Waals surface area contributed by atoms with Crippen molar-refractivity contribution in [3.8, 4) is 0 Å². The van der Waals surface area contributed by atoms with Crippen molar-refractivity contribution in [2.75, 3.05) is 13.6 Å². The van der Waals surface area contributed by atoms with Crippen LogP contribution in [-0.4, -0.2) is 23.6 Å². The summed E-state index contributed by atoms with van der Waals surface area (Å²) >= 11 is 0. The molecular formula is C16H21NO2. The Hall–Kier alpha value is -1.58. The molecule has 0 aliphatic heterocycles. The zero-order valence-electron chi connectivity index (χ0n) is 11.8. The van der Waals surface area contributed by atoms with Crippen LogP contribution in [0.2, 0.25) is 0 Å². The van der Waals surface area contributed by atoms with E-state index in [9.17, 15) is 5.11 Å². The Morgan fingerprint density at radius 1 is 1.16 bits per heavy atom. The molecule has 1 aromatic carbocycles. The standard InChI is InChI=1S/C16H21NO2/c1-12-4-6-14(7-5-12)16(18)11-17(3)10-15-8-9-19-13(15)2/h4-9,16,18H,10-11H2,1-3H3. The van der Waals surface area contributed by atoms with Gasteiger partial charge in [-0.2, -0.15) is 0 Å². The normalized spacial score (nSPS) is 12.9. The number of aliphatic hydroxyl groups excluding tert-OH is 1. The van der Waals surface area contributed by atoms with E-state index in [-0.39, 0.29) is 0 Å². The molecule has 1 aromatic heterocycles. The molecule has 3 nitrogen and oxygen atoms in total. The molecule has 1 unspecified atom stereocenters. The van der Waals surface area contributed by atoms with Crippen LogP contribution in [0, 0.1) is 13.8 Å². The van der Waals surface area contributed by atoms with Gasteiger partial charge in [0.1, 0.15) is 5.76 Å². The lowest BCUT2D eigenvalue weighted by molar-refractivity contribution is 0.123. The Morgan fingerprint density at radius 2 is 1.84 bits per heavy atom. The van der Waals surface area contributed by atoms with Gasteiger partial charge in [-0.25, -0.2) is 0 Å². The first-order valence-electron chi connectivity index (χ1n) is 6.52. The number of hydrogen-bond acceptors (Lipinski definition) is 3. The number of nitrogens with zero attached hydrogens (tertiary/aromatic N) is 1. The first-order chi connectivity index (χ1) is 9.06. The van der Waals surface area contributed by atoms with E-state index in [1.54, 1.807) is 6.26 Å². The van der Waals surface area contributed by atoms with Gasteiger partial charge in [0.25, 0.3) is 0 Å². The van der Waals surface area contributed by atoms with Gasteiger partial charge in [0.2, 0.25) is 0 Å². The Bertz CT molecular complexity index is 516. The molecule has 0 aliphatic carbocycles. The zero-order chi connectivity index (χ0) is 13.8. The van der Waals surface area contributed by atoms with Gasteiger partial charge in [-0.15, -0.1) is 0 Å². The summed E-state index contributed by atoms with van der Waals surface area (Å²) in [6.07, 6.45) is 1.24. The highest BCUT2D eigenvalue weighted by Gasteiger charge is 2.12. The summed E-state index contributed by atoms with van der Waals surface area (Å²) in [6.45, 7) is 5.39. The maximum absolute atomic E-state index is 10.2. The molecule has 0 saturated heterocycles. The van der Waals surface area contributed by atoms with Crippen LogP contribution in [0.1, 0.15) is 28.6 Å². The third-order valence-electron chi connectivity index (χ3n) is 3.35. The molecule has 0 amide bonds. The van der Waals surface area contributed by atoms with E-state index in [4.69, 9.17) is 4.42 Å². The van der Waals surface area contributed by atoms with E-state index in [1.807, 2.05) is 51.2 Å². The van der Waals surface area contributed by atoms with Gasteiger partial charge in [0, 0.05) is 18.7 Å². The molecule has 0 fully saturated rings. The van der Waals surface area contributed by atoms with Crippen LogP contribution >= 0.6 is 0 Å². The summed E-state index contributed by atoms with van der Waals surface area (Å²) < 4.78 is 5.28. The average Bonchev–Trinajstić information content (AvgIpc) is 2.75. The lowest BCUT2D eigenvalue weighted by atomic mass is 10.1. The molecule has 2 rings (SSSR count). The van der Waals surface area contributed by atoms with Gasteiger partial charge in [0.15, 0.2) is 0 Å². The molecule has 0 bridgehead atoms. The third-order valence-corrected chi connectivity index (χ3v) is 3.35. The fourth-order valence-corrected chi connectivity index (χ4v) is 2.12. The molecule has 1 heterocycles. The Morgan fingerprint density at radius 3 is 2.42 bits per heavy atom. The molecule has 1 atom stereocenters. The number of benzene rings is 1. The van der Waals surface area contributed by atoms with E-state index in [2.05, 4.69) is 4.90 Å². The van der Waals surface area contributed by atoms with Gasteiger partial charge >= 0.3 is 0 Å². The van der Waals surface area contributed by atoms with Crippen LogP contribution in [0.3, 0.4) is 0 Å². The molecule has 1 N–H and O–H groups in total. The third kappa shape index (κ3) is 3.69. The lowest BCUT2D eigenvalue weighted by Gasteiger charge is -2.20. The number of furan rings is 1. The number of hydrogen-bond donors (Lipinski definition) is 1. The second kappa shape index (κ2) is 6.04. The van der Waals surface area contributed by atoms with Crippen LogP contribution in [0.4, 0.5) is 0 Å². The molecular weight excluding hydrogens is 238 g/mol. The predicted octanol–water partition coefficient (Wildman–Crippen LogP) is 3.06. The Kier molecular flexibility index (Phi) is 4.40. The summed E-state index contributed by atoms with van der Waals surface area (Å²) in [6, 6.07) is 10.00. The summed E-state index contributed by atoms with van der Waals surface area (Å²) in [5, 5.41) is 10.2. The highest BCUT2D eigenvalue weighted by molar-refractivity contribution is 5.23. The zero-order valence-corrected chi connectivity index (χ0v) is 11.8. The molecule has 3 heteroatoms. The smallest absolute Gasteiger partial charge is 0.105 e. The SMILES string of the molecule is Cc1ccc(C(O)CN(C)Cc2ccoc2C)cc1. The number of aliphatic hydroxyl groups is 1. The molecule has 19 heavy (non-hydrogen) atoms. The van der Waals surface area contributed by atoms with E-state index >= 15 is 0 Å². The van der Waals surface area contributed by atoms with Gasteiger partial charge in [0.05, 0.1) is 12.4 Å². The fourth-order valence-electron chi connectivity index (χ4n) is 2.12. The monoisotopic (exact) mass is 259 g/mol. The van der Waals surface area contributed by atoms with Crippen LogP contribution in [0.5, 0.6) is 0 Å². The van der Waals surface area contributed by atoms with Crippen LogP contribution in [-0.2, 0) is 6.54 Å². The second-order valence-corrected chi connectivity index (χ2v) is 5.13. The first kappa shape index (κ1) is 13.8. The maximum Gasteiger partial charge on any atom is 0.105 e. The Labute approximate surface area is 114 Å². The highest BCUT2D eigenvalue weighted by atomic mass is 16.3. The van der Waals surface area contributed by atoms with Crippen LogP contribution < -0.4 is 0 Å². The van der Waals surface area contributed by atoms with Crippen molar-refractivity contribution in [2.45, 2.75) is 26.5 Å². The summed E-state index contributed by atoms with van der Waals surface area (Å²) in [7, 11) is 2.00.